The highest BCUT2D eigenvalue weighted by Gasteiger charge is 2.31. The molecule has 0 spiro atoms. The fraction of sp³-hybridized carbons (Fsp3) is 0.933. The Kier molecular flexibility index (Phi) is 6.80. The van der Waals surface area contributed by atoms with Crippen LogP contribution in [0.2, 0.25) is 0 Å². The minimum Gasteiger partial charge on any atom is -0.465 e. The summed E-state index contributed by atoms with van der Waals surface area (Å²) in [6.07, 6.45) is 7.04. The van der Waals surface area contributed by atoms with Crippen LogP contribution in [0.25, 0.3) is 0 Å². The number of carbonyl (C=O) groups excluding carboxylic acids is 1. The van der Waals surface area contributed by atoms with Gasteiger partial charge in [0.25, 0.3) is 0 Å². The normalized spacial score (nSPS) is 24.5. The van der Waals surface area contributed by atoms with Crippen molar-refractivity contribution in [1.29, 1.82) is 0 Å². The van der Waals surface area contributed by atoms with E-state index in [-0.39, 0.29) is 5.97 Å². The summed E-state index contributed by atoms with van der Waals surface area (Å²) in [5.41, 5.74) is 5.23. The van der Waals surface area contributed by atoms with E-state index in [4.69, 9.17) is 10.5 Å². The average Bonchev–Trinajstić information content (AvgIpc) is 2.61. The summed E-state index contributed by atoms with van der Waals surface area (Å²) in [5.74, 6) is -0.280. The maximum absolute atomic E-state index is 11.8. The lowest BCUT2D eigenvalue weighted by molar-refractivity contribution is -0.149. The first-order valence-corrected chi connectivity index (χ1v) is 7.71. The molecular formula is C15H30N2O2. The minimum atomic E-state index is -0.861. The largest absolute Gasteiger partial charge is 0.465 e. The molecule has 112 valence electrons. The molecule has 1 aliphatic rings. The van der Waals surface area contributed by atoms with Crippen molar-refractivity contribution in [1.82, 2.24) is 4.90 Å². The fourth-order valence-corrected chi connectivity index (χ4v) is 2.77. The second-order valence-electron chi connectivity index (χ2n) is 5.84. The van der Waals surface area contributed by atoms with Crippen molar-refractivity contribution in [2.75, 3.05) is 19.7 Å². The SMILES string of the molecule is CCOC(=O)C(C)(N)CCN1CCCCCC1CC. The van der Waals surface area contributed by atoms with Crippen LogP contribution in [0.15, 0.2) is 0 Å². The zero-order chi connectivity index (χ0) is 14.3. The van der Waals surface area contributed by atoms with Crippen molar-refractivity contribution in [2.24, 2.45) is 5.73 Å². The molecule has 19 heavy (non-hydrogen) atoms. The molecule has 1 heterocycles. The zero-order valence-corrected chi connectivity index (χ0v) is 12.8. The molecule has 0 radical (unpaired) electrons. The molecule has 4 heteroatoms. The topological polar surface area (TPSA) is 55.6 Å². The molecule has 0 amide bonds. The maximum Gasteiger partial charge on any atom is 0.325 e. The number of carbonyl (C=O) groups is 1. The molecule has 4 nitrogen and oxygen atoms in total. The van der Waals surface area contributed by atoms with Crippen LogP contribution in [0, 0.1) is 0 Å². The first-order valence-electron chi connectivity index (χ1n) is 7.71. The molecule has 0 aromatic heterocycles. The zero-order valence-electron chi connectivity index (χ0n) is 12.8. The molecule has 1 fully saturated rings. The summed E-state index contributed by atoms with van der Waals surface area (Å²) in [7, 11) is 0. The molecule has 2 N–H and O–H groups in total. The van der Waals surface area contributed by atoms with Gasteiger partial charge in [-0.05, 0) is 46.1 Å². The third kappa shape index (κ3) is 5.11. The van der Waals surface area contributed by atoms with Crippen molar-refractivity contribution in [3.8, 4) is 0 Å². The number of nitrogens with two attached hydrogens (primary N) is 1. The molecular weight excluding hydrogens is 240 g/mol. The van der Waals surface area contributed by atoms with Crippen LogP contribution < -0.4 is 5.73 Å². The van der Waals surface area contributed by atoms with E-state index < -0.39 is 5.54 Å². The predicted octanol–water partition coefficient (Wildman–Crippen LogP) is 2.31. The van der Waals surface area contributed by atoms with E-state index in [9.17, 15) is 4.79 Å². The minimum absolute atomic E-state index is 0.280. The van der Waals surface area contributed by atoms with Gasteiger partial charge >= 0.3 is 5.97 Å². The van der Waals surface area contributed by atoms with Crippen LogP contribution in [-0.4, -0.2) is 42.1 Å². The predicted molar refractivity (Wildman–Crippen MR) is 78.0 cm³/mol. The second-order valence-corrected chi connectivity index (χ2v) is 5.84. The van der Waals surface area contributed by atoms with Gasteiger partial charge in [0.2, 0.25) is 0 Å². The number of hydrogen-bond acceptors (Lipinski definition) is 4. The third-order valence-corrected chi connectivity index (χ3v) is 4.13. The first kappa shape index (κ1) is 16.4. The Morgan fingerprint density at radius 1 is 1.37 bits per heavy atom. The van der Waals surface area contributed by atoms with E-state index >= 15 is 0 Å². The molecule has 0 saturated carbocycles. The number of rotatable bonds is 6. The van der Waals surface area contributed by atoms with Crippen LogP contribution >= 0.6 is 0 Å². The van der Waals surface area contributed by atoms with E-state index in [1.807, 2.05) is 6.92 Å². The molecule has 1 rings (SSSR count). The van der Waals surface area contributed by atoms with Gasteiger partial charge in [0.1, 0.15) is 5.54 Å². The Balaban J connectivity index is 2.50. The van der Waals surface area contributed by atoms with Crippen LogP contribution in [0.5, 0.6) is 0 Å². The molecule has 2 unspecified atom stereocenters. The van der Waals surface area contributed by atoms with Crippen molar-refractivity contribution >= 4 is 5.97 Å². The number of nitrogens with zero attached hydrogens (tertiary/aromatic N) is 1. The van der Waals surface area contributed by atoms with Crippen molar-refractivity contribution in [3.05, 3.63) is 0 Å². The van der Waals surface area contributed by atoms with Gasteiger partial charge in [-0.15, -0.1) is 0 Å². The summed E-state index contributed by atoms with van der Waals surface area (Å²) in [4.78, 5) is 14.3. The van der Waals surface area contributed by atoms with E-state index in [0.29, 0.717) is 19.1 Å². The molecule has 1 aliphatic heterocycles. The van der Waals surface area contributed by atoms with Gasteiger partial charge in [0.05, 0.1) is 6.61 Å². The summed E-state index contributed by atoms with van der Waals surface area (Å²) in [6.45, 7) is 8.27. The smallest absolute Gasteiger partial charge is 0.325 e. The van der Waals surface area contributed by atoms with E-state index in [0.717, 1.165) is 13.1 Å². The van der Waals surface area contributed by atoms with Gasteiger partial charge in [-0.2, -0.15) is 0 Å². The second kappa shape index (κ2) is 7.85. The molecule has 2 atom stereocenters. The molecule has 1 saturated heterocycles. The highest BCUT2D eigenvalue weighted by molar-refractivity contribution is 5.79. The number of esters is 1. The monoisotopic (exact) mass is 270 g/mol. The molecule has 0 aromatic carbocycles. The van der Waals surface area contributed by atoms with E-state index in [1.165, 1.54) is 32.1 Å². The van der Waals surface area contributed by atoms with Crippen LogP contribution in [-0.2, 0) is 9.53 Å². The Morgan fingerprint density at radius 3 is 2.74 bits per heavy atom. The van der Waals surface area contributed by atoms with Gasteiger partial charge in [-0.25, -0.2) is 0 Å². The lowest BCUT2D eigenvalue weighted by Gasteiger charge is -2.32. The maximum atomic E-state index is 11.8. The first-order chi connectivity index (χ1) is 9.01. The lowest BCUT2D eigenvalue weighted by Crippen LogP contribution is -2.49. The van der Waals surface area contributed by atoms with Gasteiger partial charge < -0.3 is 15.4 Å². The Bertz CT molecular complexity index is 279. The lowest BCUT2D eigenvalue weighted by atomic mass is 9.98. The van der Waals surface area contributed by atoms with E-state index in [2.05, 4.69) is 11.8 Å². The summed E-state index contributed by atoms with van der Waals surface area (Å²) < 4.78 is 5.04. The quantitative estimate of drug-likeness (QED) is 0.753. The summed E-state index contributed by atoms with van der Waals surface area (Å²) in [5, 5.41) is 0. The average molecular weight is 270 g/mol. The highest BCUT2D eigenvalue weighted by atomic mass is 16.5. The molecule has 0 aromatic rings. The number of ether oxygens (including phenoxy) is 1. The number of hydrogen-bond donors (Lipinski definition) is 1. The Labute approximate surface area is 117 Å². The van der Waals surface area contributed by atoms with Gasteiger partial charge in [0.15, 0.2) is 0 Å². The standard InChI is InChI=1S/C15H30N2O2/c1-4-13-9-7-6-8-11-17(13)12-10-15(3,16)14(18)19-5-2/h13H,4-12,16H2,1-3H3. The summed E-state index contributed by atoms with van der Waals surface area (Å²) >= 11 is 0. The van der Waals surface area contributed by atoms with Crippen LogP contribution in [0.1, 0.15) is 59.3 Å². The molecule has 0 aliphatic carbocycles. The summed E-state index contributed by atoms with van der Waals surface area (Å²) in [6, 6.07) is 0.653. The fourth-order valence-electron chi connectivity index (χ4n) is 2.77. The van der Waals surface area contributed by atoms with Gasteiger partial charge in [-0.3, -0.25) is 4.79 Å². The van der Waals surface area contributed by atoms with Gasteiger partial charge in [0, 0.05) is 12.6 Å². The van der Waals surface area contributed by atoms with Crippen molar-refractivity contribution in [3.63, 3.8) is 0 Å². The van der Waals surface area contributed by atoms with E-state index in [1.54, 1.807) is 6.92 Å². The molecule has 0 bridgehead atoms. The Morgan fingerprint density at radius 2 is 2.11 bits per heavy atom. The van der Waals surface area contributed by atoms with Gasteiger partial charge in [-0.1, -0.05) is 19.8 Å². The van der Waals surface area contributed by atoms with Crippen LogP contribution in [0.3, 0.4) is 0 Å². The van der Waals surface area contributed by atoms with Crippen molar-refractivity contribution in [2.45, 2.75) is 70.9 Å². The van der Waals surface area contributed by atoms with Crippen LogP contribution in [0.4, 0.5) is 0 Å². The third-order valence-electron chi connectivity index (χ3n) is 4.13. The Hall–Kier alpha value is -0.610. The highest BCUT2D eigenvalue weighted by Crippen LogP contribution is 2.20. The van der Waals surface area contributed by atoms with Crippen molar-refractivity contribution < 1.29 is 9.53 Å². The number of likely N-dealkylation sites (tertiary alicyclic amines) is 1.